The second-order valence-electron chi connectivity index (χ2n) is 4.07. The van der Waals surface area contributed by atoms with Crippen LogP contribution in [-0.2, 0) is 0 Å². The Morgan fingerprint density at radius 3 is 2.65 bits per heavy atom. The fourth-order valence-electron chi connectivity index (χ4n) is 1.12. The molecule has 0 aliphatic heterocycles. The largest absolute Gasteiger partial charge is 0.341 e. The van der Waals surface area contributed by atoms with Gasteiger partial charge in [-0.1, -0.05) is 61.0 Å². The quantitative estimate of drug-likeness (QED) is 0.741. The highest BCUT2D eigenvalue weighted by molar-refractivity contribution is 8.23. The summed E-state index contributed by atoms with van der Waals surface area (Å²) in [4.78, 5) is 0. The molecule has 0 aliphatic rings. The predicted octanol–water partition coefficient (Wildman–Crippen LogP) is 5.47. The lowest BCUT2D eigenvalue weighted by molar-refractivity contribution is 0.632. The normalized spacial score (nSPS) is 10.6. The molecule has 5 heteroatoms. The van der Waals surface area contributed by atoms with E-state index in [0.717, 1.165) is 22.2 Å². The zero-order valence-electron chi connectivity index (χ0n) is 9.80. The van der Waals surface area contributed by atoms with Crippen molar-refractivity contribution >= 4 is 57.2 Å². The van der Waals surface area contributed by atoms with Crippen LogP contribution in [0.15, 0.2) is 18.2 Å². The summed E-state index contributed by atoms with van der Waals surface area (Å²) in [6, 6.07) is 5.40. The van der Waals surface area contributed by atoms with E-state index in [9.17, 15) is 0 Å². The first-order valence-corrected chi connectivity index (χ1v) is 7.53. The van der Waals surface area contributed by atoms with Crippen molar-refractivity contribution in [1.82, 2.24) is 0 Å². The standard InChI is InChI=1S/C12H15Cl2NS2/c1-8(2)5-6-17-12(16)15-9-3-4-10(13)11(14)7-9/h3-4,7-8H,5-6H2,1-2H3,(H,15,16). The number of thioether (sulfide) groups is 1. The average Bonchev–Trinajstić information content (AvgIpc) is 2.23. The van der Waals surface area contributed by atoms with E-state index in [4.69, 9.17) is 35.4 Å². The van der Waals surface area contributed by atoms with Crippen molar-refractivity contribution in [3.63, 3.8) is 0 Å². The van der Waals surface area contributed by atoms with Crippen molar-refractivity contribution in [2.45, 2.75) is 20.3 Å². The summed E-state index contributed by atoms with van der Waals surface area (Å²) in [6.45, 7) is 4.41. The molecular formula is C12H15Cl2NS2. The van der Waals surface area contributed by atoms with E-state index in [1.165, 1.54) is 0 Å². The van der Waals surface area contributed by atoms with Gasteiger partial charge in [-0.15, -0.1) is 0 Å². The van der Waals surface area contributed by atoms with Gasteiger partial charge in [0.2, 0.25) is 0 Å². The van der Waals surface area contributed by atoms with Crippen LogP contribution in [0.5, 0.6) is 0 Å². The third-order valence-corrected chi connectivity index (χ3v) is 4.09. The van der Waals surface area contributed by atoms with Gasteiger partial charge in [0.15, 0.2) is 0 Å². The smallest absolute Gasteiger partial charge is 0.138 e. The van der Waals surface area contributed by atoms with Gasteiger partial charge in [0.1, 0.15) is 4.32 Å². The Morgan fingerprint density at radius 1 is 1.35 bits per heavy atom. The van der Waals surface area contributed by atoms with Crippen LogP contribution >= 0.6 is 47.2 Å². The van der Waals surface area contributed by atoms with Gasteiger partial charge in [-0.2, -0.15) is 0 Å². The summed E-state index contributed by atoms with van der Waals surface area (Å²) in [5.74, 6) is 1.74. The number of benzene rings is 1. The lowest BCUT2D eigenvalue weighted by Gasteiger charge is -2.09. The molecule has 0 spiro atoms. The second-order valence-corrected chi connectivity index (χ2v) is 6.66. The molecular weight excluding hydrogens is 293 g/mol. The summed E-state index contributed by atoms with van der Waals surface area (Å²) in [5.41, 5.74) is 0.876. The van der Waals surface area contributed by atoms with Crippen LogP contribution in [0.2, 0.25) is 10.0 Å². The van der Waals surface area contributed by atoms with Crippen molar-refractivity contribution < 1.29 is 0 Å². The fourth-order valence-corrected chi connectivity index (χ4v) is 2.75. The van der Waals surface area contributed by atoms with Gasteiger partial charge < -0.3 is 5.32 Å². The maximum absolute atomic E-state index is 5.92. The molecule has 1 aromatic rings. The van der Waals surface area contributed by atoms with E-state index >= 15 is 0 Å². The van der Waals surface area contributed by atoms with Gasteiger partial charge in [0.25, 0.3) is 0 Å². The molecule has 1 nitrogen and oxygen atoms in total. The van der Waals surface area contributed by atoms with Crippen molar-refractivity contribution in [2.24, 2.45) is 5.92 Å². The molecule has 0 saturated heterocycles. The maximum atomic E-state index is 5.92. The second kappa shape index (κ2) is 7.47. The van der Waals surface area contributed by atoms with Gasteiger partial charge in [-0.3, -0.25) is 0 Å². The summed E-state index contributed by atoms with van der Waals surface area (Å²) in [5, 5.41) is 4.22. The number of halogens is 2. The fraction of sp³-hybridized carbons (Fsp3) is 0.417. The number of hydrogen-bond donors (Lipinski definition) is 1. The van der Waals surface area contributed by atoms with Gasteiger partial charge in [0.05, 0.1) is 10.0 Å². The minimum atomic E-state index is 0.534. The van der Waals surface area contributed by atoms with E-state index in [-0.39, 0.29) is 0 Å². The van der Waals surface area contributed by atoms with Gasteiger partial charge >= 0.3 is 0 Å². The Bertz CT molecular complexity index is 394. The molecule has 0 saturated carbocycles. The minimum absolute atomic E-state index is 0.534. The van der Waals surface area contributed by atoms with E-state index < -0.39 is 0 Å². The Morgan fingerprint density at radius 2 is 2.06 bits per heavy atom. The lowest BCUT2D eigenvalue weighted by atomic mass is 10.2. The minimum Gasteiger partial charge on any atom is -0.341 e. The summed E-state index contributed by atoms with van der Waals surface area (Å²) >= 11 is 18.7. The van der Waals surface area contributed by atoms with Crippen molar-refractivity contribution in [3.05, 3.63) is 28.2 Å². The molecule has 0 bridgehead atoms. The summed E-state index contributed by atoms with van der Waals surface area (Å²) in [6.07, 6.45) is 1.16. The Kier molecular flexibility index (Phi) is 6.63. The molecule has 94 valence electrons. The predicted molar refractivity (Wildman–Crippen MR) is 84.6 cm³/mol. The van der Waals surface area contributed by atoms with Crippen LogP contribution in [0, 0.1) is 5.92 Å². The number of hydrogen-bond acceptors (Lipinski definition) is 2. The number of anilines is 1. The van der Waals surface area contributed by atoms with Crippen molar-refractivity contribution in [2.75, 3.05) is 11.1 Å². The molecule has 0 unspecified atom stereocenters. The molecule has 0 amide bonds. The molecule has 1 rings (SSSR count). The summed E-state index contributed by atoms with van der Waals surface area (Å²) < 4.78 is 0.768. The highest BCUT2D eigenvalue weighted by Gasteiger charge is 2.03. The Hall–Kier alpha value is 0.0400. The lowest BCUT2D eigenvalue weighted by Crippen LogP contribution is -2.06. The number of rotatable bonds is 4. The van der Waals surface area contributed by atoms with Crippen molar-refractivity contribution in [3.8, 4) is 0 Å². The molecule has 0 heterocycles. The van der Waals surface area contributed by atoms with Crippen LogP contribution in [0.3, 0.4) is 0 Å². The van der Waals surface area contributed by atoms with Gasteiger partial charge in [0, 0.05) is 11.4 Å². The first kappa shape index (κ1) is 15.1. The zero-order valence-corrected chi connectivity index (χ0v) is 12.9. The third-order valence-electron chi connectivity index (χ3n) is 2.09. The van der Waals surface area contributed by atoms with E-state index in [0.29, 0.717) is 16.0 Å². The number of thiocarbonyl (C=S) groups is 1. The number of nitrogens with one attached hydrogen (secondary N) is 1. The monoisotopic (exact) mass is 307 g/mol. The molecule has 0 aliphatic carbocycles. The van der Waals surface area contributed by atoms with Crippen LogP contribution in [0.1, 0.15) is 20.3 Å². The molecule has 1 N–H and O–H groups in total. The summed E-state index contributed by atoms with van der Waals surface area (Å²) in [7, 11) is 0. The Balaban J connectivity index is 2.42. The third kappa shape index (κ3) is 5.96. The van der Waals surface area contributed by atoms with Crippen LogP contribution in [-0.4, -0.2) is 10.1 Å². The SMILES string of the molecule is CC(C)CCSC(=S)Nc1ccc(Cl)c(Cl)c1. The van der Waals surface area contributed by atoms with Crippen LogP contribution < -0.4 is 5.32 Å². The molecule has 0 aromatic heterocycles. The first-order valence-electron chi connectivity index (χ1n) is 5.38. The van der Waals surface area contributed by atoms with Gasteiger partial charge in [-0.25, -0.2) is 0 Å². The van der Waals surface area contributed by atoms with E-state index in [1.54, 1.807) is 23.9 Å². The maximum Gasteiger partial charge on any atom is 0.138 e. The highest BCUT2D eigenvalue weighted by atomic mass is 35.5. The van der Waals surface area contributed by atoms with Crippen LogP contribution in [0.4, 0.5) is 5.69 Å². The van der Waals surface area contributed by atoms with Gasteiger partial charge in [-0.05, 0) is 30.5 Å². The molecule has 0 fully saturated rings. The van der Waals surface area contributed by atoms with Crippen LogP contribution in [0.25, 0.3) is 0 Å². The average molecular weight is 308 g/mol. The highest BCUT2D eigenvalue weighted by Crippen LogP contribution is 2.25. The Labute approximate surface area is 122 Å². The van der Waals surface area contributed by atoms with Crippen molar-refractivity contribution in [1.29, 1.82) is 0 Å². The molecule has 17 heavy (non-hydrogen) atoms. The zero-order chi connectivity index (χ0) is 12.8. The van der Waals surface area contributed by atoms with E-state index in [1.807, 2.05) is 6.07 Å². The van der Waals surface area contributed by atoms with E-state index in [2.05, 4.69) is 19.2 Å². The first-order chi connectivity index (χ1) is 7.99. The molecule has 1 aromatic carbocycles. The molecule has 0 radical (unpaired) electrons. The molecule has 0 atom stereocenters. The topological polar surface area (TPSA) is 12.0 Å².